The first kappa shape index (κ1) is 20.7. The van der Waals surface area contributed by atoms with Crippen LogP contribution in [0.3, 0.4) is 0 Å². The van der Waals surface area contributed by atoms with Crippen molar-refractivity contribution in [1.82, 2.24) is 4.90 Å². The van der Waals surface area contributed by atoms with Crippen LogP contribution in [0.15, 0.2) is 42.5 Å². The Morgan fingerprint density at radius 3 is 2.62 bits per heavy atom. The van der Waals surface area contributed by atoms with Crippen LogP contribution in [0, 0.1) is 6.92 Å². The van der Waals surface area contributed by atoms with E-state index in [-0.39, 0.29) is 30.9 Å². The van der Waals surface area contributed by atoms with Gasteiger partial charge in [0.2, 0.25) is 0 Å². The Labute approximate surface area is 172 Å². The van der Waals surface area contributed by atoms with Crippen LogP contribution in [0.25, 0.3) is 0 Å². The van der Waals surface area contributed by atoms with Crippen LogP contribution in [0.1, 0.15) is 30.9 Å². The predicted molar refractivity (Wildman–Crippen MR) is 113 cm³/mol. The fourth-order valence-corrected chi connectivity index (χ4v) is 3.35. The largest absolute Gasteiger partial charge is 0.483 e. The van der Waals surface area contributed by atoms with Gasteiger partial charge in [0.1, 0.15) is 11.5 Å². The number of anilines is 1. The van der Waals surface area contributed by atoms with Crippen LogP contribution in [0.2, 0.25) is 0 Å². The Kier molecular flexibility index (Phi) is 6.11. The van der Waals surface area contributed by atoms with Crippen LogP contribution in [0.5, 0.6) is 11.5 Å². The maximum absolute atomic E-state index is 13.1. The number of amides is 2. The molecule has 0 spiro atoms. The molecule has 2 aromatic rings. The Bertz CT molecular complexity index is 908. The minimum Gasteiger partial charge on any atom is -0.483 e. The molecule has 3 rings (SSSR count). The van der Waals surface area contributed by atoms with E-state index in [4.69, 9.17) is 9.47 Å². The van der Waals surface area contributed by atoms with Gasteiger partial charge in [0.25, 0.3) is 11.8 Å². The van der Waals surface area contributed by atoms with E-state index < -0.39 is 6.10 Å². The third kappa shape index (κ3) is 4.53. The Morgan fingerprint density at radius 2 is 1.93 bits per heavy atom. The standard InChI is InChI=1S/C23H28N2O4/c1-15(2)17-11-10-16(3)12-20(17)28-14-22(26)25-13-21(23(27)24(4)5)29-19-9-7-6-8-18(19)25/h6-12,15,21H,13-14H2,1-5H3. The summed E-state index contributed by atoms with van der Waals surface area (Å²) in [6.45, 7) is 6.22. The first-order chi connectivity index (χ1) is 13.8. The number of likely N-dealkylation sites (N-methyl/N-ethyl adjacent to an activating group) is 1. The maximum Gasteiger partial charge on any atom is 0.265 e. The summed E-state index contributed by atoms with van der Waals surface area (Å²) in [4.78, 5) is 28.6. The lowest BCUT2D eigenvalue weighted by molar-refractivity contribution is -0.136. The highest BCUT2D eigenvalue weighted by Gasteiger charge is 2.34. The van der Waals surface area contributed by atoms with E-state index in [2.05, 4.69) is 13.8 Å². The van der Waals surface area contributed by atoms with Crippen molar-refractivity contribution in [1.29, 1.82) is 0 Å². The van der Waals surface area contributed by atoms with E-state index in [1.165, 1.54) is 4.90 Å². The van der Waals surface area contributed by atoms with Crippen molar-refractivity contribution >= 4 is 17.5 Å². The summed E-state index contributed by atoms with van der Waals surface area (Å²) in [6.07, 6.45) is -0.742. The van der Waals surface area contributed by atoms with E-state index >= 15 is 0 Å². The molecule has 0 fully saturated rings. The summed E-state index contributed by atoms with van der Waals surface area (Å²) < 4.78 is 11.8. The second-order valence-electron chi connectivity index (χ2n) is 7.80. The third-order valence-corrected chi connectivity index (χ3v) is 4.93. The van der Waals surface area contributed by atoms with Crippen molar-refractivity contribution < 1.29 is 19.1 Å². The summed E-state index contributed by atoms with van der Waals surface area (Å²) in [6, 6.07) is 13.3. The van der Waals surface area contributed by atoms with Gasteiger partial charge in [-0.3, -0.25) is 9.59 Å². The van der Waals surface area contributed by atoms with E-state index in [1.54, 1.807) is 25.1 Å². The van der Waals surface area contributed by atoms with Gasteiger partial charge >= 0.3 is 0 Å². The minimum atomic E-state index is -0.742. The van der Waals surface area contributed by atoms with Gasteiger partial charge in [-0.25, -0.2) is 0 Å². The Hall–Kier alpha value is -3.02. The van der Waals surface area contributed by atoms with Gasteiger partial charge < -0.3 is 19.3 Å². The summed E-state index contributed by atoms with van der Waals surface area (Å²) in [5, 5.41) is 0. The number of carbonyl (C=O) groups is 2. The van der Waals surface area contributed by atoms with E-state index in [0.717, 1.165) is 16.9 Å². The lowest BCUT2D eigenvalue weighted by Gasteiger charge is -2.35. The molecule has 1 heterocycles. The van der Waals surface area contributed by atoms with E-state index in [0.29, 0.717) is 11.4 Å². The molecule has 1 aliphatic heterocycles. The molecule has 0 aromatic heterocycles. The second kappa shape index (κ2) is 8.55. The van der Waals surface area contributed by atoms with Crippen LogP contribution >= 0.6 is 0 Å². The quantitative estimate of drug-likeness (QED) is 0.777. The number of fused-ring (bicyclic) bond motifs is 1. The third-order valence-electron chi connectivity index (χ3n) is 4.93. The number of hydrogen-bond donors (Lipinski definition) is 0. The molecule has 29 heavy (non-hydrogen) atoms. The second-order valence-corrected chi connectivity index (χ2v) is 7.80. The predicted octanol–water partition coefficient (Wildman–Crippen LogP) is 3.38. The van der Waals surface area contributed by atoms with E-state index in [1.807, 2.05) is 43.3 Å². The SMILES string of the molecule is Cc1ccc(C(C)C)c(OCC(=O)N2CC(C(=O)N(C)C)Oc3ccccc32)c1. The molecule has 1 atom stereocenters. The van der Waals surface area contributed by atoms with Gasteiger partial charge in [-0.2, -0.15) is 0 Å². The van der Waals surface area contributed by atoms with Gasteiger partial charge in [-0.05, 0) is 42.2 Å². The number of carbonyl (C=O) groups excluding carboxylic acids is 2. The normalized spacial score (nSPS) is 15.5. The average Bonchev–Trinajstić information content (AvgIpc) is 2.70. The molecule has 154 valence electrons. The molecule has 0 radical (unpaired) electrons. The molecule has 1 unspecified atom stereocenters. The number of ether oxygens (including phenoxy) is 2. The monoisotopic (exact) mass is 396 g/mol. The van der Waals surface area contributed by atoms with Crippen molar-refractivity contribution in [2.24, 2.45) is 0 Å². The maximum atomic E-state index is 13.1. The van der Waals surface area contributed by atoms with Crippen molar-refractivity contribution in [2.75, 3.05) is 32.1 Å². The molecule has 6 heteroatoms. The zero-order chi connectivity index (χ0) is 21.1. The number of rotatable bonds is 5. The van der Waals surface area contributed by atoms with Gasteiger partial charge in [-0.1, -0.05) is 38.1 Å². The molecule has 0 saturated heterocycles. The van der Waals surface area contributed by atoms with Gasteiger partial charge in [0, 0.05) is 14.1 Å². The summed E-state index contributed by atoms with van der Waals surface area (Å²) in [7, 11) is 3.35. The van der Waals surface area contributed by atoms with Crippen molar-refractivity contribution in [3.05, 3.63) is 53.6 Å². The first-order valence-corrected chi connectivity index (χ1v) is 9.78. The van der Waals surface area contributed by atoms with Crippen molar-refractivity contribution in [3.8, 4) is 11.5 Å². The fraction of sp³-hybridized carbons (Fsp3) is 0.391. The van der Waals surface area contributed by atoms with Crippen molar-refractivity contribution in [2.45, 2.75) is 32.8 Å². The molecule has 0 aliphatic carbocycles. The molecule has 0 bridgehead atoms. The Balaban J connectivity index is 1.81. The number of nitrogens with zero attached hydrogens (tertiary/aromatic N) is 2. The lowest BCUT2D eigenvalue weighted by Crippen LogP contribution is -2.51. The number of hydrogen-bond acceptors (Lipinski definition) is 4. The van der Waals surface area contributed by atoms with Crippen LogP contribution < -0.4 is 14.4 Å². The highest BCUT2D eigenvalue weighted by atomic mass is 16.5. The summed E-state index contributed by atoms with van der Waals surface area (Å²) >= 11 is 0. The first-order valence-electron chi connectivity index (χ1n) is 9.78. The fourth-order valence-electron chi connectivity index (χ4n) is 3.35. The molecule has 0 saturated carbocycles. The summed E-state index contributed by atoms with van der Waals surface area (Å²) in [5.41, 5.74) is 2.79. The molecule has 2 aromatic carbocycles. The molecule has 0 N–H and O–H groups in total. The minimum absolute atomic E-state index is 0.111. The molecular weight excluding hydrogens is 368 g/mol. The summed E-state index contributed by atoms with van der Waals surface area (Å²) in [5.74, 6) is 1.13. The van der Waals surface area contributed by atoms with Gasteiger partial charge in [0.15, 0.2) is 12.7 Å². The molecule has 2 amide bonds. The Morgan fingerprint density at radius 1 is 1.21 bits per heavy atom. The smallest absolute Gasteiger partial charge is 0.265 e. The topological polar surface area (TPSA) is 59.1 Å². The highest BCUT2D eigenvalue weighted by molar-refractivity contribution is 5.98. The van der Waals surface area contributed by atoms with Crippen LogP contribution in [-0.4, -0.2) is 50.1 Å². The van der Waals surface area contributed by atoms with Crippen LogP contribution in [0.4, 0.5) is 5.69 Å². The van der Waals surface area contributed by atoms with Gasteiger partial charge in [-0.15, -0.1) is 0 Å². The van der Waals surface area contributed by atoms with Crippen molar-refractivity contribution in [3.63, 3.8) is 0 Å². The average molecular weight is 396 g/mol. The number of aryl methyl sites for hydroxylation is 1. The van der Waals surface area contributed by atoms with E-state index in [9.17, 15) is 9.59 Å². The molecule has 1 aliphatic rings. The number of para-hydroxylation sites is 2. The molecular formula is C23H28N2O4. The highest BCUT2D eigenvalue weighted by Crippen LogP contribution is 2.34. The van der Waals surface area contributed by atoms with Gasteiger partial charge in [0.05, 0.1) is 12.2 Å². The zero-order valence-electron chi connectivity index (χ0n) is 17.6. The number of benzene rings is 2. The zero-order valence-corrected chi connectivity index (χ0v) is 17.6. The lowest BCUT2D eigenvalue weighted by atomic mass is 10.0. The molecule has 6 nitrogen and oxygen atoms in total. The van der Waals surface area contributed by atoms with Crippen LogP contribution in [-0.2, 0) is 9.59 Å².